The minimum absolute atomic E-state index is 0.148. The maximum Gasteiger partial charge on any atom is 0.163 e. The lowest BCUT2D eigenvalue weighted by molar-refractivity contribution is -0.107. The summed E-state index contributed by atoms with van der Waals surface area (Å²) in [4.78, 5) is 10.2. The van der Waals surface area contributed by atoms with Gasteiger partial charge in [-0.3, -0.25) is 0 Å². The first-order chi connectivity index (χ1) is 6.70. The van der Waals surface area contributed by atoms with Crippen LogP contribution in [0.1, 0.15) is 17.5 Å². The predicted octanol–water partition coefficient (Wildman–Crippen LogP) is 1.84. The number of ether oxygens (including phenoxy) is 1. The first-order valence-corrected chi connectivity index (χ1v) is 4.49. The molecule has 0 heterocycles. The van der Waals surface area contributed by atoms with Crippen LogP contribution >= 0.6 is 0 Å². The number of phenols is 1. The highest BCUT2D eigenvalue weighted by Crippen LogP contribution is 2.33. The average Bonchev–Trinajstić information content (AvgIpc) is 2.18. The quantitative estimate of drug-likeness (QED) is 0.744. The zero-order chi connectivity index (χ0) is 10.6. The molecule has 0 saturated heterocycles. The van der Waals surface area contributed by atoms with Gasteiger partial charge in [0.05, 0.1) is 7.11 Å². The van der Waals surface area contributed by atoms with E-state index in [4.69, 9.17) is 4.74 Å². The molecule has 0 unspecified atom stereocenters. The Hall–Kier alpha value is -1.51. The normalized spacial score (nSPS) is 9.86. The molecule has 3 nitrogen and oxygen atoms in total. The highest BCUT2D eigenvalue weighted by Gasteiger charge is 2.09. The number of aromatic hydroxyl groups is 1. The van der Waals surface area contributed by atoms with E-state index >= 15 is 0 Å². The van der Waals surface area contributed by atoms with Crippen molar-refractivity contribution >= 4 is 6.29 Å². The van der Waals surface area contributed by atoms with Gasteiger partial charge in [0.2, 0.25) is 0 Å². The molecule has 1 N–H and O–H groups in total. The molecule has 0 saturated carbocycles. The number of aldehydes is 1. The van der Waals surface area contributed by atoms with Gasteiger partial charge < -0.3 is 14.6 Å². The third kappa shape index (κ3) is 2.05. The molecule has 0 aliphatic heterocycles. The Balaban J connectivity index is 3.01. The van der Waals surface area contributed by atoms with Crippen molar-refractivity contribution in [2.75, 3.05) is 7.11 Å². The molecule has 0 aliphatic carbocycles. The first-order valence-electron chi connectivity index (χ1n) is 4.49. The summed E-state index contributed by atoms with van der Waals surface area (Å²) in [6.45, 7) is 1.86. The number of carbonyl (C=O) groups excluding carboxylic acids is 1. The molecule has 3 heteroatoms. The molecule has 0 aromatic heterocycles. The summed E-state index contributed by atoms with van der Waals surface area (Å²) >= 11 is 0. The van der Waals surface area contributed by atoms with E-state index in [-0.39, 0.29) is 5.75 Å². The van der Waals surface area contributed by atoms with Crippen LogP contribution in [0.3, 0.4) is 0 Å². The maximum absolute atomic E-state index is 10.2. The summed E-state index contributed by atoms with van der Waals surface area (Å²) in [7, 11) is 1.52. The topological polar surface area (TPSA) is 46.5 Å². The molecule has 1 rings (SSSR count). The highest BCUT2D eigenvalue weighted by molar-refractivity contribution is 5.54. The fourth-order valence-corrected chi connectivity index (χ4v) is 1.39. The number of hydrogen-bond acceptors (Lipinski definition) is 3. The molecule has 0 spiro atoms. The summed E-state index contributed by atoms with van der Waals surface area (Å²) in [6.07, 6.45) is 1.80. The minimum atomic E-state index is 0.148. The Morgan fingerprint density at radius 1 is 1.50 bits per heavy atom. The molecular weight excluding hydrogens is 180 g/mol. The zero-order valence-corrected chi connectivity index (χ0v) is 8.41. The molecule has 1 aromatic rings. The number of rotatable bonds is 4. The van der Waals surface area contributed by atoms with E-state index in [1.807, 2.05) is 19.1 Å². The minimum Gasteiger partial charge on any atom is -0.504 e. The predicted molar refractivity (Wildman–Crippen MR) is 53.8 cm³/mol. The summed E-state index contributed by atoms with van der Waals surface area (Å²) in [5, 5.41) is 9.76. The fourth-order valence-electron chi connectivity index (χ4n) is 1.39. The number of phenolic OH excluding ortho intramolecular Hbond substituents is 1. The van der Waals surface area contributed by atoms with Crippen molar-refractivity contribution < 1.29 is 14.6 Å². The summed E-state index contributed by atoms with van der Waals surface area (Å²) in [5.41, 5.74) is 1.64. The summed E-state index contributed by atoms with van der Waals surface area (Å²) in [6, 6.07) is 3.69. The van der Waals surface area contributed by atoms with Gasteiger partial charge in [-0.2, -0.15) is 0 Å². The van der Waals surface area contributed by atoms with Gasteiger partial charge in [0.1, 0.15) is 6.29 Å². The number of benzene rings is 1. The lowest BCUT2D eigenvalue weighted by atomic mass is 10.1. The van der Waals surface area contributed by atoms with E-state index in [0.717, 1.165) is 17.4 Å². The first kappa shape index (κ1) is 10.6. The number of aryl methyl sites for hydroxylation is 2. The average molecular weight is 194 g/mol. The number of carbonyl (C=O) groups is 1. The third-order valence-electron chi connectivity index (χ3n) is 2.15. The van der Waals surface area contributed by atoms with Gasteiger partial charge in [-0.05, 0) is 24.5 Å². The van der Waals surface area contributed by atoms with Crippen LogP contribution in [0.2, 0.25) is 0 Å². The standard InChI is InChI=1S/C11H14O3/c1-8-5-6-9(4-3-7-12)10(13)11(8)14-2/h5-7,13H,3-4H2,1-2H3. The van der Waals surface area contributed by atoms with E-state index in [2.05, 4.69) is 0 Å². The van der Waals surface area contributed by atoms with Gasteiger partial charge in [-0.15, -0.1) is 0 Å². The van der Waals surface area contributed by atoms with E-state index in [1.54, 1.807) is 0 Å². The smallest absolute Gasteiger partial charge is 0.163 e. The Bertz CT molecular complexity index is 332. The molecule has 0 aliphatic rings. The molecular formula is C11H14O3. The Morgan fingerprint density at radius 3 is 2.79 bits per heavy atom. The van der Waals surface area contributed by atoms with E-state index in [9.17, 15) is 9.90 Å². The van der Waals surface area contributed by atoms with Crippen LogP contribution in [0.4, 0.5) is 0 Å². The van der Waals surface area contributed by atoms with E-state index in [0.29, 0.717) is 18.6 Å². The fraction of sp³-hybridized carbons (Fsp3) is 0.364. The number of methoxy groups -OCH3 is 1. The van der Waals surface area contributed by atoms with Crippen LogP contribution < -0.4 is 4.74 Å². The van der Waals surface area contributed by atoms with Crippen LogP contribution in [0.25, 0.3) is 0 Å². The molecule has 0 atom stereocenters. The van der Waals surface area contributed by atoms with Gasteiger partial charge >= 0.3 is 0 Å². The summed E-state index contributed by atoms with van der Waals surface area (Å²) in [5.74, 6) is 0.641. The molecule has 14 heavy (non-hydrogen) atoms. The Morgan fingerprint density at radius 2 is 2.21 bits per heavy atom. The van der Waals surface area contributed by atoms with Crippen LogP contribution in [0, 0.1) is 6.92 Å². The monoisotopic (exact) mass is 194 g/mol. The van der Waals surface area contributed by atoms with Crippen LogP contribution in [-0.4, -0.2) is 18.5 Å². The SMILES string of the molecule is COc1c(C)ccc(CCC=O)c1O. The lowest BCUT2D eigenvalue weighted by Gasteiger charge is -2.10. The molecule has 1 aromatic carbocycles. The second kappa shape index (κ2) is 4.65. The van der Waals surface area contributed by atoms with Gasteiger partial charge in [0.15, 0.2) is 11.5 Å². The second-order valence-corrected chi connectivity index (χ2v) is 3.13. The van der Waals surface area contributed by atoms with Crippen molar-refractivity contribution in [3.63, 3.8) is 0 Å². The van der Waals surface area contributed by atoms with Gasteiger partial charge in [0, 0.05) is 6.42 Å². The molecule has 0 amide bonds. The lowest BCUT2D eigenvalue weighted by Crippen LogP contribution is -1.93. The van der Waals surface area contributed by atoms with E-state index < -0.39 is 0 Å². The summed E-state index contributed by atoms with van der Waals surface area (Å²) < 4.78 is 5.06. The van der Waals surface area contributed by atoms with Gasteiger partial charge in [-0.25, -0.2) is 0 Å². The Labute approximate surface area is 83.3 Å². The van der Waals surface area contributed by atoms with Crippen molar-refractivity contribution in [3.8, 4) is 11.5 Å². The third-order valence-corrected chi connectivity index (χ3v) is 2.15. The Kier molecular flexibility index (Phi) is 3.51. The van der Waals surface area contributed by atoms with Crippen molar-refractivity contribution in [3.05, 3.63) is 23.3 Å². The van der Waals surface area contributed by atoms with E-state index in [1.165, 1.54) is 7.11 Å². The van der Waals surface area contributed by atoms with Crippen molar-refractivity contribution in [2.24, 2.45) is 0 Å². The maximum atomic E-state index is 10.2. The van der Waals surface area contributed by atoms with Crippen LogP contribution in [0.15, 0.2) is 12.1 Å². The second-order valence-electron chi connectivity index (χ2n) is 3.13. The van der Waals surface area contributed by atoms with Crippen LogP contribution in [0.5, 0.6) is 11.5 Å². The van der Waals surface area contributed by atoms with Gasteiger partial charge in [0.25, 0.3) is 0 Å². The molecule has 0 bridgehead atoms. The molecule has 0 radical (unpaired) electrons. The zero-order valence-electron chi connectivity index (χ0n) is 8.41. The highest BCUT2D eigenvalue weighted by atomic mass is 16.5. The molecule has 76 valence electrons. The van der Waals surface area contributed by atoms with Crippen molar-refractivity contribution in [1.82, 2.24) is 0 Å². The van der Waals surface area contributed by atoms with Crippen molar-refractivity contribution in [1.29, 1.82) is 0 Å². The van der Waals surface area contributed by atoms with Gasteiger partial charge in [-0.1, -0.05) is 12.1 Å². The molecule has 0 fully saturated rings. The largest absolute Gasteiger partial charge is 0.504 e. The van der Waals surface area contributed by atoms with Crippen molar-refractivity contribution in [2.45, 2.75) is 19.8 Å². The van der Waals surface area contributed by atoms with Crippen LogP contribution in [-0.2, 0) is 11.2 Å². The number of hydrogen-bond donors (Lipinski definition) is 1.